The molecule has 25 heavy (non-hydrogen) atoms. The second kappa shape index (κ2) is 7.53. The van der Waals surface area contributed by atoms with Gasteiger partial charge in [-0.05, 0) is 31.0 Å². The molecule has 1 aliphatic carbocycles. The van der Waals surface area contributed by atoms with E-state index in [1.54, 1.807) is 13.8 Å². The van der Waals surface area contributed by atoms with Crippen LogP contribution in [0.4, 0.5) is 0 Å². The number of carbonyl (C=O) groups is 2. The molecule has 0 heterocycles. The van der Waals surface area contributed by atoms with Gasteiger partial charge in [0.1, 0.15) is 5.54 Å². The molecule has 2 N–H and O–H groups in total. The summed E-state index contributed by atoms with van der Waals surface area (Å²) in [4.78, 5) is 24.1. The zero-order chi connectivity index (χ0) is 18.7. The minimum absolute atomic E-state index is 0.0275. The van der Waals surface area contributed by atoms with E-state index >= 15 is 0 Å². The van der Waals surface area contributed by atoms with E-state index in [1.807, 2.05) is 0 Å². The summed E-state index contributed by atoms with van der Waals surface area (Å²) in [6.07, 6.45) is 2.24. The Balaban J connectivity index is 2.29. The predicted molar refractivity (Wildman–Crippen MR) is 92.8 cm³/mol. The average Bonchev–Trinajstić information content (AvgIpc) is 3.05. The van der Waals surface area contributed by atoms with Crippen LogP contribution in [0.3, 0.4) is 0 Å². The number of sulfonamides is 1. The molecule has 0 unspecified atom stereocenters. The number of benzene rings is 1. The van der Waals surface area contributed by atoms with Gasteiger partial charge in [0.2, 0.25) is 10.0 Å². The predicted octanol–water partition coefficient (Wildman–Crippen LogP) is 1.84. The highest BCUT2D eigenvalue weighted by Gasteiger charge is 2.42. The highest BCUT2D eigenvalue weighted by molar-refractivity contribution is 7.89. The maximum atomic E-state index is 12.6. The van der Waals surface area contributed by atoms with E-state index in [0.29, 0.717) is 25.9 Å². The average molecular weight is 368 g/mol. The van der Waals surface area contributed by atoms with Crippen molar-refractivity contribution in [1.82, 2.24) is 9.62 Å². The molecule has 1 aromatic rings. The van der Waals surface area contributed by atoms with Crippen LogP contribution in [0.5, 0.6) is 0 Å². The quantitative estimate of drug-likeness (QED) is 0.764. The van der Waals surface area contributed by atoms with Crippen molar-refractivity contribution in [2.24, 2.45) is 0 Å². The van der Waals surface area contributed by atoms with E-state index in [1.165, 1.54) is 28.6 Å². The van der Waals surface area contributed by atoms with E-state index < -0.39 is 27.4 Å². The lowest BCUT2D eigenvalue weighted by Crippen LogP contribution is -2.52. The smallest absolute Gasteiger partial charge is 0.329 e. The van der Waals surface area contributed by atoms with Crippen LogP contribution in [-0.2, 0) is 14.8 Å². The molecule has 1 aliphatic rings. The van der Waals surface area contributed by atoms with Gasteiger partial charge in [-0.1, -0.05) is 32.8 Å². The fraction of sp³-hybridized carbons (Fsp3) is 0.529. The normalized spacial score (nSPS) is 16.8. The molecule has 0 aromatic heterocycles. The van der Waals surface area contributed by atoms with Crippen molar-refractivity contribution in [3.8, 4) is 0 Å². The minimum atomic E-state index is -3.68. The van der Waals surface area contributed by atoms with Gasteiger partial charge in [-0.2, -0.15) is 4.31 Å². The molecule has 0 atom stereocenters. The number of nitrogens with zero attached hydrogens (tertiary/aromatic N) is 1. The summed E-state index contributed by atoms with van der Waals surface area (Å²) in [6.45, 7) is 4.15. The number of hydrogen-bond acceptors (Lipinski definition) is 4. The number of rotatable bonds is 7. The van der Waals surface area contributed by atoms with E-state index in [9.17, 15) is 23.1 Å². The van der Waals surface area contributed by atoms with Crippen LogP contribution < -0.4 is 5.32 Å². The van der Waals surface area contributed by atoms with Crippen molar-refractivity contribution in [1.29, 1.82) is 0 Å². The number of hydrogen-bond donors (Lipinski definition) is 2. The molecule has 2 rings (SSSR count). The molecule has 0 aliphatic heterocycles. The molecule has 1 saturated carbocycles. The van der Waals surface area contributed by atoms with Crippen LogP contribution >= 0.6 is 0 Å². The van der Waals surface area contributed by atoms with Gasteiger partial charge >= 0.3 is 5.97 Å². The molecular weight excluding hydrogens is 344 g/mol. The zero-order valence-electron chi connectivity index (χ0n) is 14.5. The van der Waals surface area contributed by atoms with Crippen LogP contribution in [0.1, 0.15) is 49.9 Å². The third kappa shape index (κ3) is 3.85. The van der Waals surface area contributed by atoms with Crippen LogP contribution in [0.2, 0.25) is 0 Å². The summed E-state index contributed by atoms with van der Waals surface area (Å²) in [6, 6.07) is 5.72. The van der Waals surface area contributed by atoms with Gasteiger partial charge < -0.3 is 10.4 Å². The first kappa shape index (κ1) is 19.4. The molecule has 0 spiro atoms. The van der Waals surface area contributed by atoms with Crippen LogP contribution in [0.25, 0.3) is 0 Å². The Morgan fingerprint density at radius 1 is 1.20 bits per heavy atom. The largest absolute Gasteiger partial charge is 0.480 e. The Labute approximate surface area is 148 Å². The second-order valence-electron chi connectivity index (χ2n) is 6.17. The van der Waals surface area contributed by atoms with Crippen molar-refractivity contribution in [3.63, 3.8) is 0 Å². The van der Waals surface area contributed by atoms with Crippen molar-refractivity contribution in [2.75, 3.05) is 13.1 Å². The van der Waals surface area contributed by atoms with Crippen LogP contribution in [-0.4, -0.2) is 48.3 Å². The Hall–Kier alpha value is -1.93. The van der Waals surface area contributed by atoms with Gasteiger partial charge in [-0.3, -0.25) is 4.79 Å². The lowest BCUT2D eigenvalue weighted by molar-refractivity contribution is -0.144. The molecule has 0 saturated heterocycles. The van der Waals surface area contributed by atoms with E-state index in [-0.39, 0.29) is 10.5 Å². The van der Waals surface area contributed by atoms with Crippen molar-refractivity contribution < 1.29 is 23.1 Å². The van der Waals surface area contributed by atoms with E-state index in [4.69, 9.17) is 0 Å². The standard InChI is InChI=1S/C17H24N2O5S/c1-3-19(4-2)25(23,24)14-9-7-8-13(12-14)15(20)18-17(16(21)22)10-5-6-11-17/h7-9,12H,3-6,10-11H2,1-2H3,(H,18,20)(H,21,22). The van der Waals surface area contributed by atoms with Gasteiger partial charge in [0.15, 0.2) is 0 Å². The third-order valence-electron chi connectivity index (χ3n) is 4.66. The first-order chi connectivity index (χ1) is 11.8. The highest BCUT2D eigenvalue weighted by atomic mass is 32.2. The van der Waals surface area contributed by atoms with Crippen molar-refractivity contribution >= 4 is 21.9 Å². The summed E-state index contributed by atoms with van der Waals surface area (Å²) < 4.78 is 26.5. The lowest BCUT2D eigenvalue weighted by atomic mass is 9.97. The molecular formula is C17H24N2O5S. The molecule has 1 aromatic carbocycles. The minimum Gasteiger partial charge on any atom is -0.480 e. The maximum Gasteiger partial charge on any atom is 0.329 e. The number of carboxylic acids is 1. The van der Waals surface area contributed by atoms with Gasteiger partial charge in [-0.25, -0.2) is 13.2 Å². The van der Waals surface area contributed by atoms with Crippen LogP contribution in [0.15, 0.2) is 29.2 Å². The maximum absolute atomic E-state index is 12.6. The molecule has 0 bridgehead atoms. The Morgan fingerprint density at radius 3 is 2.32 bits per heavy atom. The molecule has 7 nitrogen and oxygen atoms in total. The summed E-state index contributed by atoms with van der Waals surface area (Å²) in [7, 11) is -3.68. The van der Waals surface area contributed by atoms with Gasteiger partial charge in [0.05, 0.1) is 4.90 Å². The number of nitrogens with one attached hydrogen (secondary N) is 1. The first-order valence-electron chi connectivity index (χ1n) is 8.43. The molecule has 0 radical (unpaired) electrons. The Kier molecular flexibility index (Phi) is 5.84. The summed E-state index contributed by atoms with van der Waals surface area (Å²) >= 11 is 0. The Bertz CT molecular complexity index is 750. The molecule has 8 heteroatoms. The molecule has 1 fully saturated rings. The molecule has 138 valence electrons. The lowest BCUT2D eigenvalue weighted by Gasteiger charge is -2.25. The van der Waals surface area contributed by atoms with Crippen LogP contribution in [0, 0.1) is 0 Å². The van der Waals surface area contributed by atoms with E-state index in [2.05, 4.69) is 5.32 Å². The zero-order valence-corrected chi connectivity index (χ0v) is 15.3. The molecule has 1 amide bonds. The summed E-state index contributed by atoms with van der Waals surface area (Å²) in [5.41, 5.74) is -1.12. The van der Waals surface area contributed by atoms with Gasteiger partial charge in [-0.15, -0.1) is 0 Å². The third-order valence-corrected chi connectivity index (χ3v) is 6.70. The number of aliphatic carboxylic acids is 1. The fourth-order valence-corrected chi connectivity index (χ4v) is 4.68. The Morgan fingerprint density at radius 2 is 1.80 bits per heavy atom. The number of amides is 1. The second-order valence-corrected chi connectivity index (χ2v) is 8.10. The summed E-state index contributed by atoms with van der Waals surface area (Å²) in [5.74, 6) is -1.62. The number of carbonyl (C=O) groups excluding carboxylic acids is 1. The topological polar surface area (TPSA) is 104 Å². The van der Waals surface area contributed by atoms with E-state index in [0.717, 1.165) is 12.8 Å². The van der Waals surface area contributed by atoms with Crippen molar-refractivity contribution in [3.05, 3.63) is 29.8 Å². The highest BCUT2D eigenvalue weighted by Crippen LogP contribution is 2.30. The van der Waals surface area contributed by atoms with Gasteiger partial charge in [0, 0.05) is 18.7 Å². The fourth-order valence-electron chi connectivity index (χ4n) is 3.17. The van der Waals surface area contributed by atoms with Crippen molar-refractivity contribution in [2.45, 2.75) is 50.0 Å². The first-order valence-corrected chi connectivity index (χ1v) is 9.87. The summed E-state index contributed by atoms with van der Waals surface area (Å²) in [5, 5.41) is 12.1. The number of carboxylic acid groups (broad SMARTS) is 1. The monoisotopic (exact) mass is 368 g/mol. The SMILES string of the molecule is CCN(CC)S(=O)(=O)c1cccc(C(=O)NC2(C(=O)O)CCCC2)c1. The van der Waals surface area contributed by atoms with Gasteiger partial charge in [0.25, 0.3) is 5.91 Å².